The fraction of sp³-hybridized carbons (Fsp3) is 0.641. The summed E-state index contributed by atoms with van der Waals surface area (Å²) in [6, 6.07) is 3.03. The zero-order valence-electron chi connectivity index (χ0n) is 30.8. The third kappa shape index (κ3) is 12.1. The first-order chi connectivity index (χ1) is 24.3. The van der Waals surface area contributed by atoms with E-state index in [4.69, 9.17) is 18.9 Å². The summed E-state index contributed by atoms with van der Waals surface area (Å²) < 4.78 is 38.7. The molecule has 2 aliphatic rings. The standard InChI is InChI=1S/C39H55FN2O9/c1-8-33-30(22-40)19-24(2)13-14-31(44)25(3)20-29(15-17-43)37(26(4)32(45)21-34(46)50-33)51-39-36(47)35(42(6)7)38(27(5)49-39)48-18-10-12-28-11-9-16-41-23-28/h9,11,13-14,16-17,19,23,25-27,29-30,32-33,35-39,45,47H,8,15,18,20-22H2,1-7H3/b14-13+,24-19+/t25-,26+,27-,29+,30-,32-,33-,35-,36-,37-,38-,39+/m1/s1. The molecule has 0 bridgehead atoms. The van der Waals surface area contributed by atoms with Gasteiger partial charge in [0.15, 0.2) is 12.1 Å². The average Bonchev–Trinajstić information content (AvgIpc) is 3.10. The Morgan fingerprint density at radius 2 is 1.90 bits per heavy atom. The van der Waals surface area contributed by atoms with Gasteiger partial charge in [0.1, 0.15) is 31.2 Å². The summed E-state index contributed by atoms with van der Waals surface area (Å²) in [5.74, 6) is 2.40. The Hall–Kier alpha value is -3.31. The van der Waals surface area contributed by atoms with Gasteiger partial charge in [-0.2, -0.15) is 0 Å². The highest BCUT2D eigenvalue weighted by Crippen LogP contribution is 2.35. The van der Waals surface area contributed by atoms with Gasteiger partial charge in [0.25, 0.3) is 0 Å². The summed E-state index contributed by atoms with van der Waals surface area (Å²) in [5.41, 5.74) is 1.37. The number of ketones is 1. The Morgan fingerprint density at radius 3 is 2.53 bits per heavy atom. The third-order valence-electron chi connectivity index (χ3n) is 9.74. The summed E-state index contributed by atoms with van der Waals surface area (Å²) in [6.45, 7) is 8.03. The van der Waals surface area contributed by atoms with Crippen LogP contribution in [0.2, 0.25) is 0 Å². The molecule has 3 heterocycles. The molecule has 0 aliphatic carbocycles. The summed E-state index contributed by atoms with van der Waals surface area (Å²) in [5, 5.41) is 23.1. The van der Waals surface area contributed by atoms with E-state index in [-0.39, 0.29) is 25.2 Å². The highest BCUT2D eigenvalue weighted by atomic mass is 19.1. The maximum absolute atomic E-state index is 14.1. The quantitative estimate of drug-likeness (QED) is 0.219. The number of carbonyl (C=O) groups is 3. The Labute approximate surface area is 301 Å². The highest BCUT2D eigenvalue weighted by molar-refractivity contribution is 5.91. The van der Waals surface area contributed by atoms with E-state index < -0.39 is 91.7 Å². The molecule has 51 heavy (non-hydrogen) atoms. The Balaban J connectivity index is 1.92. The molecule has 1 aromatic rings. The molecule has 12 heteroatoms. The van der Waals surface area contributed by atoms with Crippen LogP contribution in [0, 0.1) is 35.5 Å². The van der Waals surface area contributed by atoms with Crippen molar-refractivity contribution in [2.24, 2.45) is 23.7 Å². The van der Waals surface area contributed by atoms with Crippen molar-refractivity contribution < 1.29 is 47.9 Å². The van der Waals surface area contributed by atoms with Crippen LogP contribution in [0.4, 0.5) is 4.39 Å². The number of cyclic esters (lactones) is 1. The lowest BCUT2D eigenvalue weighted by molar-refractivity contribution is -0.307. The maximum Gasteiger partial charge on any atom is 0.308 e. The first kappa shape index (κ1) is 42.1. The van der Waals surface area contributed by atoms with E-state index in [9.17, 15) is 29.0 Å². The molecule has 1 saturated heterocycles. The van der Waals surface area contributed by atoms with Crippen LogP contribution in [-0.4, -0.2) is 114 Å². The van der Waals surface area contributed by atoms with Crippen LogP contribution in [0.15, 0.2) is 48.3 Å². The number of hydrogen-bond acceptors (Lipinski definition) is 11. The fourth-order valence-corrected chi connectivity index (χ4v) is 6.83. The second kappa shape index (κ2) is 20.7. The van der Waals surface area contributed by atoms with Gasteiger partial charge in [-0.3, -0.25) is 19.0 Å². The Bertz CT molecular complexity index is 1390. The van der Waals surface area contributed by atoms with Crippen LogP contribution in [0.3, 0.4) is 0 Å². The number of esters is 1. The lowest BCUT2D eigenvalue weighted by Crippen LogP contribution is -2.64. The van der Waals surface area contributed by atoms with E-state index in [1.54, 1.807) is 79.3 Å². The van der Waals surface area contributed by atoms with Gasteiger partial charge in [-0.1, -0.05) is 50.3 Å². The van der Waals surface area contributed by atoms with Gasteiger partial charge in [0, 0.05) is 42.1 Å². The normalized spacial score (nSPS) is 35.9. The number of aliphatic hydroxyl groups excluding tert-OH is 2. The zero-order valence-corrected chi connectivity index (χ0v) is 30.8. The maximum atomic E-state index is 14.1. The molecular formula is C39H55FN2O9. The van der Waals surface area contributed by atoms with Gasteiger partial charge in [0.05, 0.1) is 37.4 Å². The number of halogens is 1. The van der Waals surface area contributed by atoms with Crippen LogP contribution in [0.1, 0.15) is 65.9 Å². The van der Waals surface area contributed by atoms with Gasteiger partial charge in [-0.05, 0) is 64.9 Å². The second-order valence-electron chi connectivity index (χ2n) is 13.9. The Morgan fingerprint density at radius 1 is 1.16 bits per heavy atom. The van der Waals surface area contributed by atoms with E-state index in [2.05, 4.69) is 16.8 Å². The minimum atomic E-state index is -1.30. The van der Waals surface area contributed by atoms with Crippen molar-refractivity contribution in [3.63, 3.8) is 0 Å². The van der Waals surface area contributed by atoms with E-state index in [1.165, 1.54) is 6.08 Å². The minimum absolute atomic E-state index is 0.0145. The van der Waals surface area contributed by atoms with E-state index in [0.717, 1.165) is 11.8 Å². The molecule has 12 atom stereocenters. The smallest absolute Gasteiger partial charge is 0.308 e. The molecule has 0 radical (unpaired) electrons. The SMILES string of the molecule is CC[C@H]1OC(=O)C[C@@H](O)[C@H](C)[C@@H](O[C@@H]2O[C@H](C)[C@@H](OCC#Cc3cccnc3)[C@H](N(C)C)[C@H]2O)[C@@H](CC=O)C[C@@H](C)C(=O)/C=C/C(C)=C/[C@@H]1CF. The minimum Gasteiger partial charge on any atom is -0.462 e. The summed E-state index contributed by atoms with van der Waals surface area (Å²) >= 11 is 0. The molecule has 11 nitrogen and oxygen atoms in total. The number of nitrogens with zero attached hydrogens (tertiary/aromatic N) is 2. The van der Waals surface area contributed by atoms with Crippen molar-refractivity contribution in [1.82, 2.24) is 9.88 Å². The number of aromatic nitrogens is 1. The third-order valence-corrected chi connectivity index (χ3v) is 9.74. The zero-order chi connectivity index (χ0) is 37.7. The first-order valence-corrected chi connectivity index (χ1v) is 17.7. The number of aldehydes is 1. The summed E-state index contributed by atoms with van der Waals surface area (Å²) in [7, 11) is 3.60. The number of carbonyl (C=O) groups excluding carboxylic acids is 3. The summed E-state index contributed by atoms with van der Waals surface area (Å²) in [4.78, 5) is 44.3. The van der Waals surface area contributed by atoms with Crippen LogP contribution in [0.25, 0.3) is 0 Å². The molecule has 282 valence electrons. The molecule has 0 unspecified atom stereocenters. The molecule has 1 aromatic heterocycles. The molecule has 1 fully saturated rings. The van der Waals surface area contributed by atoms with Crippen molar-refractivity contribution in [3.05, 3.63) is 53.9 Å². The largest absolute Gasteiger partial charge is 0.462 e. The van der Waals surface area contributed by atoms with Crippen molar-refractivity contribution in [2.75, 3.05) is 27.4 Å². The van der Waals surface area contributed by atoms with Crippen LogP contribution in [0.5, 0.6) is 0 Å². The van der Waals surface area contributed by atoms with Crippen LogP contribution in [-0.2, 0) is 33.3 Å². The molecule has 0 amide bonds. The topological polar surface area (TPSA) is 145 Å². The van der Waals surface area contributed by atoms with Gasteiger partial charge in [0.2, 0.25) is 0 Å². The van der Waals surface area contributed by atoms with Crippen molar-refractivity contribution in [3.8, 4) is 11.8 Å². The first-order valence-electron chi connectivity index (χ1n) is 17.7. The molecular weight excluding hydrogens is 659 g/mol. The predicted octanol–water partition coefficient (Wildman–Crippen LogP) is 3.85. The number of hydrogen-bond donors (Lipinski definition) is 2. The van der Waals surface area contributed by atoms with Gasteiger partial charge in [-0.25, -0.2) is 0 Å². The number of rotatable bonds is 9. The highest BCUT2D eigenvalue weighted by Gasteiger charge is 2.48. The van der Waals surface area contributed by atoms with Crippen molar-refractivity contribution >= 4 is 18.0 Å². The van der Waals surface area contributed by atoms with E-state index >= 15 is 0 Å². The van der Waals surface area contributed by atoms with E-state index in [1.807, 2.05) is 11.0 Å². The van der Waals surface area contributed by atoms with Gasteiger partial charge in [-0.15, -0.1) is 0 Å². The van der Waals surface area contributed by atoms with Crippen molar-refractivity contribution in [1.29, 1.82) is 0 Å². The Kier molecular flexibility index (Phi) is 17.1. The van der Waals surface area contributed by atoms with E-state index in [0.29, 0.717) is 12.0 Å². The molecule has 2 N–H and O–H groups in total. The molecule has 0 spiro atoms. The van der Waals surface area contributed by atoms with Crippen LogP contribution >= 0.6 is 0 Å². The molecule has 2 aliphatic heterocycles. The monoisotopic (exact) mass is 714 g/mol. The van der Waals surface area contributed by atoms with Crippen molar-refractivity contribution in [2.45, 2.75) is 109 Å². The molecule has 0 saturated carbocycles. The fourth-order valence-electron chi connectivity index (χ4n) is 6.83. The van der Waals surface area contributed by atoms with Crippen LogP contribution < -0.4 is 0 Å². The van der Waals surface area contributed by atoms with Gasteiger partial charge >= 0.3 is 5.97 Å². The number of alkyl halides is 1. The number of pyridine rings is 1. The molecule has 3 rings (SSSR count). The molecule has 0 aromatic carbocycles. The van der Waals surface area contributed by atoms with Gasteiger partial charge < -0.3 is 38.9 Å². The number of aliphatic hydroxyl groups is 2. The number of ether oxygens (including phenoxy) is 4. The second-order valence-corrected chi connectivity index (χ2v) is 13.9. The lowest BCUT2D eigenvalue weighted by Gasteiger charge is -2.47. The predicted molar refractivity (Wildman–Crippen MR) is 189 cm³/mol. The lowest BCUT2D eigenvalue weighted by atomic mass is 9.79. The average molecular weight is 715 g/mol. The number of likely N-dealkylation sites (N-methyl/N-ethyl adjacent to an activating group) is 1. The number of allylic oxidation sites excluding steroid dienone is 3. The summed E-state index contributed by atoms with van der Waals surface area (Å²) in [6.07, 6.45) is 2.19.